The fourth-order valence-corrected chi connectivity index (χ4v) is 3.00. The van der Waals surface area contributed by atoms with Gasteiger partial charge in [-0.25, -0.2) is 0 Å². The molecule has 8 nitrogen and oxygen atoms in total. The molecular weight excluding hydrogens is 487 g/mol. The van der Waals surface area contributed by atoms with E-state index in [9.17, 15) is 35.7 Å². The van der Waals surface area contributed by atoms with Gasteiger partial charge >= 0.3 is 25.9 Å². The van der Waals surface area contributed by atoms with E-state index < -0.39 is 61.4 Å². The number of alkyl halides is 6. The van der Waals surface area contributed by atoms with Crippen LogP contribution in [0.25, 0.3) is 0 Å². The maximum atomic E-state index is 12.8. The molecule has 0 radical (unpaired) electrons. The second-order valence-electron chi connectivity index (χ2n) is 6.14. The van der Waals surface area contributed by atoms with Gasteiger partial charge in [0.25, 0.3) is 0 Å². The number of rotatable bonds is 10. The number of methoxy groups -OCH3 is 1. The van der Waals surface area contributed by atoms with E-state index in [0.717, 1.165) is 43.5 Å². The number of nitrogens with one attached hydrogen (secondary N) is 1. The molecule has 1 N–H and O–H groups in total. The topological polar surface area (TPSA) is 92.3 Å². The van der Waals surface area contributed by atoms with E-state index in [4.69, 9.17) is 0 Å². The third-order valence-electron chi connectivity index (χ3n) is 3.62. The molecule has 0 aliphatic rings. The summed E-state index contributed by atoms with van der Waals surface area (Å²) >= 11 is 0. The number of hydrogen-bond acceptors (Lipinski definition) is 8. The Hall–Kier alpha value is -2.80. The standard InChI is InChI=1S/C18H16F6NO7P/c1-28-16(26)10-25-11-33(27,31-29-14-6-2-4-12(8-14)17(19,20)21)32-30-15-7-3-5-13(9-15)18(22,23)24/h2-9,25H,10-11H2,1H3. The van der Waals surface area contributed by atoms with Crippen molar-refractivity contribution in [3.05, 3.63) is 59.7 Å². The van der Waals surface area contributed by atoms with E-state index in [0.29, 0.717) is 12.1 Å². The number of carbonyl (C=O) groups excluding carboxylic acids is 1. The largest absolute Gasteiger partial charge is 0.468 e. The van der Waals surface area contributed by atoms with Gasteiger partial charge in [0.15, 0.2) is 11.5 Å². The Balaban J connectivity index is 2.13. The Labute approximate surface area is 182 Å². The minimum Gasteiger partial charge on any atom is -0.468 e. The van der Waals surface area contributed by atoms with Crippen LogP contribution >= 0.6 is 7.60 Å². The normalized spacial score (nSPS) is 12.3. The number of halogens is 6. The molecule has 0 fully saturated rings. The summed E-state index contributed by atoms with van der Waals surface area (Å²) < 4.78 is 103. The van der Waals surface area contributed by atoms with Gasteiger partial charge in [0, 0.05) is 0 Å². The number of carbonyl (C=O) groups is 1. The molecule has 2 rings (SSSR count). The Morgan fingerprint density at radius 3 is 1.73 bits per heavy atom. The summed E-state index contributed by atoms with van der Waals surface area (Å²) in [5.41, 5.74) is -2.19. The van der Waals surface area contributed by atoms with Gasteiger partial charge in [-0.15, -0.1) is 0 Å². The lowest BCUT2D eigenvalue weighted by molar-refractivity contribution is -0.172. The quantitative estimate of drug-likeness (QED) is 0.160. The lowest BCUT2D eigenvalue weighted by Gasteiger charge is -2.17. The maximum Gasteiger partial charge on any atom is 0.418 e. The Morgan fingerprint density at radius 1 is 0.879 bits per heavy atom. The van der Waals surface area contributed by atoms with E-state index in [1.807, 2.05) is 0 Å². The number of esters is 1. The summed E-state index contributed by atoms with van der Waals surface area (Å²) in [4.78, 5) is 20.5. The number of benzene rings is 2. The van der Waals surface area contributed by atoms with Crippen molar-refractivity contribution in [2.24, 2.45) is 0 Å². The number of hydrogen-bond donors (Lipinski definition) is 1. The minimum absolute atomic E-state index is 0.486. The monoisotopic (exact) mass is 503 g/mol. The van der Waals surface area contributed by atoms with Crippen LogP contribution in [0.2, 0.25) is 0 Å². The van der Waals surface area contributed by atoms with E-state index in [2.05, 4.69) is 29.2 Å². The molecule has 0 heterocycles. The molecule has 0 saturated heterocycles. The lowest BCUT2D eigenvalue weighted by atomic mass is 10.2. The highest BCUT2D eigenvalue weighted by molar-refractivity contribution is 7.53. The molecular formula is C18H16F6NO7P. The molecule has 0 saturated carbocycles. The zero-order valence-electron chi connectivity index (χ0n) is 16.6. The first-order valence-electron chi connectivity index (χ1n) is 8.76. The van der Waals surface area contributed by atoms with Crippen molar-refractivity contribution < 1.29 is 59.6 Å². The molecule has 0 aliphatic carbocycles. The molecule has 2 aromatic rings. The van der Waals surface area contributed by atoms with Gasteiger partial charge < -0.3 is 14.5 Å². The van der Waals surface area contributed by atoms with Gasteiger partial charge in [0.1, 0.15) is 6.29 Å². The van der Waals surface area contributed by atoms with Crippen LogP contribution in [0, 0.1) is 0 Å². The third-order valence-corrected chi connectivity index (χ3v) is 4.83. The summed E-state index contributed by atoms with van der Waals surface area (Å²) in [6.07, 6.45) is -10.2. The van der Waals surface area contributed by atoms with E-state index in [1.54, 1.807) is 0 Å². The van der Waals surface area contributed by atoms with E-state index >= 15 is 0 Å². The molecule has 2 aromatic carbocycles. The van der Waals surface area contributed by atoms with Gasteiger partial charge in [0.05, 0.1) is 24.8 Å². The van der Waals surface area contributed by atoms with Crippen LogP contribution in [0.1, 0.15) is 11.1 Å². The van der Waals surface area contributed by atoms with Crippen molar-refractivity contribution in [2.45, 2.75) is 12.4 Å². The van der Waals surface area contributed by atoms with E-state index in [-0.39, 0.29) is 0 Å². The minimum atomic E-state index is -4.70. The molecule has 0 atom stereocenters. The van der Waals surface area contributed by atoms with Crippen LogP contribution in [-0.4, -0.2) is 25.9 Å². The molecule has 0 amide bonds. The van der Waals surface area contributed by atoms with Crippen LogP contribution in [0.5, 0.6) is 11.5 Å². The van der Waals surface area contributed by atoms with Crippen molar-refractivity contribution in [3.8, 4) is 11.5 Å². The molecule has 182 valence electrons. The molecule has 0 aromatic heterocycles. The second-order valence-corrected chi connectivity index (χ2v) is 7.98. The zero-order valence-corrected chi connectivity index (χ0v) is 17.5. The van der Waals surface area contributed by atoms with Crippen molar-refractivity contribution >= 4 is 13.6 Å². The first-order valence-corrected chi connectivity index (χ1v) is 10.5. The highest BCUT2D eigenvalue weighted by Gasteiger charge is 2.34. The molecule has 15 heteroatoms. The van der Waals surface area contributed by atoms with E-state index in [1.165, 1.54) is 0 Å². The maximum absolute atomic E-state index is 12.8. The first kappa shape index (κ1) is 26.5. The van der Waals surface area contributed by atoms with Crippen molar-refractivity contribution in [2.75, 3.05) is 19.9 Å². The fourth-order valence-electron chi connectivity index (χ4n) is 2.08. The van der Waals surface area contributed by atoms with Gasteiger partial charge in [-0.1, -0.05) is 21.5 Å². The van der Waals surface area contributed by atoms with Crippen LogP contribution in [0.4, 0.5) is 26.3 Å². The SMILES string of the molecule is COC(=O)CNCP(=O)(OOc1cccc(C(F)(F)F)c1)OOc1cccc(C(F)(F)F)c1. The average molecular weight is 503 g/mol. The van der Waals surface area contributed by atoms with Crippen molar-refractivity contribution in [1.29, 1.82) is 0 Å². The highest BCUT2D eigenvalue weighted by Crippen LogP contribution is 2.48. The van der Waals surface area contributed by atoms with Crippen molar-refractivity contribution in [1.82, 2.24) is 5.32 Å². The third kappa shape index (κ3) is 8.57. The highest BCUT2D eigenvalue weighted by atomic mass is 31.2. The van der Waals surface area contributed by atoms with Gasteiger partial charge in [-0.2, -0.15) is 26.3 Å². The first-order chi connectivity index (χ1) is 15.3. The summed E-state index contributed by atoms with van der Waals surface area (Å²) in [5, 5.41) is 2.31. The predicted molar refractivity (Wildman–Crippen MR) is 98.8 cm³/mol. The van der Waals surface area contributed by atoms with Crippen LogP contribution in [0.15, 0.2) is 48.5 Å². The van der Waals surface area contributed by atoms with Gasteiger partial charge in [-0.05, 0) is 36.4 Å². The Bertz CT molecular complexity index is 933. The second kappa shape index (κ2) is 10.9. The average Bonchev–Trinajstić information content (AvgIpc) is 2.75. The lowest BCUT2D eigenvalue weighted by Crippen LogP contribution is -2.26. The van der Waals surface area contributed by atoms with Crippen molar-refractivity contribution in [3.63, 3.8) is 0 Å². The number of ether oxygens (including phenoxy) is 1. The van der Waals surface area contributed by atoms with Gasteiger partial charge in [-0.3, -0.25) is 14.7 Å². The summed E-state index contributed by atoms with van der Waals surface area (Å²) in [7, 11) is -3.48. The van der Waals surface area contributed by atoms with Crippen LogP contribution in [0.3, 0.4) is 0 Å². The summed E-state index contributed by atoms with van der Waals surface area (Å²) in [5.74, 6) is -1.81. The Kier molecular flexibility index (Phi) is 8.72. The summed E-state index contributed by atoms with van der Waals surface area (Å²) in [6.45, 7) is -0.486. The molecule has 0 bridgehead atoms. The summed E-state index contributed by atoms with van der Waals surface area (Å²) in [6, 6.07) is 6.66. The van der Waals surface area contributed by atoms with Crippen LogP contribution < -0.4 is 15.1 Å². The predicted octanol–water partition coefficient (Wildman–Crippen LogP) is 4.96. The zero-order chi connectivity index (χ0) is 24.7. The van der Waals surface area contributed by atoms with Gasteiger partial charge in [0.2, 0.25) is 0 Å². The molecule has 0 spiro atoms. The molecule has 0 aliphatic heterocycles. The molecule has 0 unspecified atom stereocenters. The Morgan fingerprint density at radius 2 is 1.33 bits per heavy atom. The molecule has 33 heavy (non-hydrogen) atoms. The smallest absolute Gasteiger partial charge is 0.418 e. The van der Waals surface area contributed by atoms with Crippen LogP contribution in [-0.2, 0) is 35.8 Å². The fraction of sp³-hybridized carbons (Fsp3) is 0.278.